The Bertz CT molecular complexity index is 662. The highest BCUT2D eigenvalue weighted by Gasteiger charge is 2.20. The van der Waals surface area contributed by atoms with Gasteiger partial charge < -0.3 is 11.5 Å². The number of carbonyl (C=O) groups is 1. The number of rotatable bonds is 2. The van der Waals surface area contributed by atoms with E-state index in [1.54, 1.807) is 12.1 Å². The van der Waals surface area contributed by atoms with Gasteiger partial charge in [-0.1, -0.05) is 24.3 Å². The van der Waals surface area contributed by atoms with Crippen molar-refractivity contribution >= 4 is 11.6 Å². The minimum absolute atomic E-state index is 0.432. The number of amides is 1. The second-order valence-electron chi connectivity index (χ2n) is 4.93. The van der Waals surface area contributed by atoms with Gasteiger partial charge in [-0.25, -0.2) is 0 Å². The second-order valence-corrected chi connectivity index (χ2v) is 4.93. The van der Waals surface area contributed by atoms with Crippen LogP contribution >= 0.6 is 0 Å². The minimum Gasteiger partial charge on any atom is -0.398 e. The summed E-state index contributed by atoms with van der Waals surface area (Å²) in [4.78, 5) is 11.6. The lowest BCUT2D eigenvalue weighted by Gasteiger charge is -2.14. The fourth-order valence-corrected chi connectivity index (χ4v) is 2.93. The van der Waals surface area contributed by atoms with Crippen molar-refractivity contribution in [3.63, 3.8) is 0 Å². The fraction of sp³-hybridized carbons (Fsp3) is 0.188. The number of hydrogen-bond acceptors (Lipinski definition) is 2. The third kappa shape index (κ3) is 1.87. The first-order chi connectivity index (χ1) is 9.18. The van der Waals surface area contributed by atoms with Crippen LogP contribution in [0.15, 0.2) is 36.4 Å². The van der Waals surface area contributed by atoms with Gasteiger partial charge in [-0.3, -0.25) is 4.79 Å². The molecule has 2 aromatic rings. The summed E-state index contributed by atoms with van der Waals surface area (Å²) in [5.41, 5.74) is 17.2. The maximum Gasteiger partial charge on any atom is 0.249 e. The molecular weight excluding hydrogens is 236 g/mol. The molecule has 0 heterocycles. The zero-order chi connectivity index (χ0) is 13.4. The molecule has 3 heteroatoms. The Labute approximate surface area is 112 Å². The number of fused-ring (bicyclic) bond motifs is 1. The number of hydrogen-bond donors (Lipinski definition) is 2. The Morgan fingerprint density at radius 1 is 1.05 bits per heavy atom. The van der Waals surface area contributed by atoms with E-state index in [0.717, 1.165) is 30.4 Å². The fourth-order valence-electron chi connectivity index (χ4n) is 2.93. The number of aryl methyl sites for hydroxylation is 1. The van der Waals surface area contributed by atoms with E-state index in [4.69, 9.17) is 11.5 Å². The maximum absolute atomic E-state index is 11.6. The molecule has 0 saturated heterocycles. The normalized spacial score (nSPS) is 13.3. The summed E-state index contributed by atoms with van der Waals surface area (Å²) in [5.74, 6) is -0.432. The lowest BCUT2D eigenvalue weighted by atomic mass is 9.92. The van der Waals surface area contributed by atoms with Crippen molar-refractivity contribution in [1.29, 1.82) is 0 Å². The molecule has 1 aliphatic rings. The lowest BCUT2D eigenvalue weighted by Crippen LogP contribution is -2.13. The largest absolute Gasteiger partial charge is 0.398 e. The van der Waals surface area contributed by atoms with Crippen molar-refractivity contribution in [3.05, 3.63) is 53.1 Å². The Hall–Kier alpha value is -2.29. The summed E-state index contributed by atoms with van der Waals surface area (Å²) in [6.45, 7) is 0. The molecular formula is C16H16N2O. The summed E-state index contributed by atoms with van der Waals surface area (Å²) in [6, 6.07) is 11.5. The van der Waals surface area contributed by atoms with Crippen molar-refractivity contribution < 1.29 is 4.79 Å². The molecule has 2 aromatic carbocycles. The molecule has 0 atom stereocenters. The number of anilines is 1. The van der Waals surface area contributed by atoms with Crippen LogP contribution < -0.4 is 11.5 Å². The molecule has 0 aromatic heterocycles. The van der Waals surface area contributed by atoms with Gasteiger partial charge in [0.05, 0.1) is 0 Å². The van der Waals surface area contributed by atoms with Gasteiger partial charge in [0.2, 0.25) is 5.91 Å². The molecule has 0 aliphatic heterocycles. The van der Waals surface area contributed by atoms with Crippen LogP contribution in [0.4, 0.5) is 5.69 Å². The third-order valence-electron chi connectivity index (χ3n) is 3.78. The van der Waals surface area contributed by atoms with E-state index in [0.29, 0.717) is 11.3 Å². The van der Waals surface area contributed by atoms with Crippen LogP contribution in [-0.2, 0) is 12.8 Å². The van der Waals surface area contributed by atoms with Gasteiger partial charge in [-0.2, -0.15) is 0 Å². The zero-order valence-electron chi connectivity index (χ0n) is 10.6. The quantitative estimate of drug-likeness (QED) is 0.806. The van der Waals surface area contributed by atoms with Crippen LogP contribution in [0, 0.1) is 0 Å². The van der Waals surface area contributed by atoms with Crippen LogP contribution in [0.5, 0.6) is 0 Å². The van der Waals surface area contributed by atoms with Crippen molar-refractivity contribution in [1.82, 2.24) is 0 Å². The zero-order valence-corrected chi connectivity index (χ0v) is 10.6. The topological polar surface area (TPSA) is 69.1 Å². The van der Waals surface area contributed by atoms with Gasteiger partial charge >= 0.3 is 0 Å². The Balaban J connectivity index is 2.29. The standard InChI is InChI=1S/C16H16N2O/c17-14-9-3-8-13(16(18)19)15(14)12-7-2-5-10-4-1-6-11(10)12/h2-3,5,7-9H,1,4,6,17H2,(H2,18,19). The van der Waals surface area contributed by atoms with E-state index in [-0.39, 0.29) is 0 Å². The van der Waals surface area contributed by atoms with Crippen LogP contribution in [0.25, 0.3) is 11.1 Å². The highest BCUT2D eigenvalue weighted by Crippen LogP contribution is 2.37. The summed E-state index contributed by atoms with van der Waals surface area (Å²) >= 11 is 0. The molecule has 0 radical (unpaired) electrons. The van der Waals surface area contributed by atoms with Crippen LogP contribution in [0.1, 0.15) is 27.9 Å². The van der Waals surface area contributed by atoms with E-state index >= 15 is 0 Å². The molecule has 96 valence electrons. The van der Waals surface area contributed by atoms with E-state index in [9.17, 15) is 4.79 Å². The Morgan fingerprint density at radius 2 is 1.84 bits per heavy atom. The van der Waals surface area contributed by atoms with E-state index in [2.05, 4.69) is 6.07 Å². The average molecular weight is 252 g/mol. The molecule has 1 amide bonds. The number of carbonyl (C=O) groups excluding carboxylic acids is 1. The summed E-state index contributed by atoms with van der Waals surface area (Å²) in [5, 5.41) is 0. The van der Waals surface area contributed by atoms with E-state index in [1.807, 2.05) is 18.2 Å². The first-order valence-corrected chi connectivity index (χ1v) is 6.48. The third-order valence-corrected chi connectivity index (χ3v) is 3.78. The van der Waals surface area contributed by atoms with Crippen molar-refractivity contribution in [2.45, 2.75) is 19.3 Å². The highest BCUT2D eigenvalue weighted by atomic mass is 16.1. The molecule has 0 spiro atoms. The van der Waals surface area contributed by atoms with Crippen LogP contribution in [0.3, 0.4) is 0 Å². The van der Waals surface area contributed by atoms with E-state index in [1.165, 1.54) is 11.1 Å². The number of benzene rings is 2. The average Bonchev–Trinajstić information content (AvgIpc) is 2.86. The SMILES string of the molecule is NC(=O)c1cccc(N)c1-c1cccc2c1CCC2. The summed E-state index contributed by atoms with van der Waals surface area (Å²) < 4.78 is 0. The first-order valence-electron chi connectivity index (χ1n) is 6.48. The van der Waals surface area contributed by atoms with Gasteiger partial charge in [0.25, 0.3) is 0 Å². The van der Waals surface area contributed by atoms with E-state index < -0.39 is 5.91 Å². The van der Waals surface area contributed by atoms with Crippen molar-refractivity contribution in [2.75, 3.05) is 5.73 Å². The molecule has 1 aliphatic carbocycles. The summed E-state index contributed by atoms with van der Waals surface area (Å²) in [6.07, 6.45) is 3.30. The van der Waals surface area contributed by atoms with Gasteiger partial charge in [-0.15, -0.1) is 0 Å². The molecule has 0 unspecified atom stereocenters. The smallest absolute Gasteiger partial charge is 0.249 e. The molecule has 3 rings (SSSR count). The van der Waals surface area contributed by atoms with Gasteiger partial charge in [-0.05, 0) is 48.1 Å². The molecule has 4 N–H and O–H groups in total. The second kappa shape index (κ2) is 4.43. The predicted octanol–water partition coefficient (Wildman–Crippen LogP) is 2.52. The lowest BCUT2D eigenvalue weighted by molar-refractivity contribution is 0.100. The Kier molecular flexibility index (Phi) is 2.75. The number of nitrogen functional groups attached to an aromatic ring is 1. The first kappa shape index (κ1) is 11.8. The van der Waals surface area contributed by atoms with Crippen LogP contribution in [-0.4, -0.2) is 5.91 Å². The summed E-state index contributed by atoms with van der Waals surface area (Å²) in [7, 11) is 0. The molecule has 0 bridgehead atoms. The number of nitrogens with two attached hydrogens (primary N) is 2. The maximum atomic E-state index is 11.6. The van der Waals surface area contributed by atoms with Gasteiger partial charge in [0.15, 0.2) is 0 Å². The Morgan fingerprint density at radius 3 is 2.63 bits per heavy atom. The predicted molar refractivity (Wildman–Crippen MR) is 76.8 cm³/mol. The molecule has 0 fully saturated rings. The molecule has 3 nitrogen and oxygen atoms in total. The minimum atomic E-state index is -0.432. The highest BCUT2D eigenvalue weighted by molar-refractivity contribution is 6.03. The van der Waals surface area contributed by atoms with Crippen LogP contribution in [0.2, 0.25) is 0 Å². The van der Waals surface area contributed by atoms with Crippen molar-refractivity contribution in [2.24, 2.45) is 5.73 Å². The van der Waals surface area contributed by atoms with Gasteiger partial charge in [0, 0.05) is 16.8 Å². The molecule has 0 saturated carbocycles. The van der Waals surface area contributed by atoms with Crippen molar-refractivity contribution in [3.8, 4) is 11.1 Å². The number of primary amides is 1. The molecule has 19 heavy (non-hydrogen) atoms. The van der Waals surface area contributed by atoms with Gasteiger partial charge in [0.1, 0.15) is 0 Å². The monoisotopic (exact) mass is 252 g/mol.